The lowest BCUT2D eigenvalue weighted by Gasteiger charge is -2.22. The van der Waals surface area contributed by atoms with Gasteiger partial charge in [0, 0.05) is 17.8 Å². The van der Waals surface area contributed by atoms with E-state index >= 15 is 0 Å². The number of carbonyl (C=O) groups excluding carboxylic acids is 2. The van der Waals surface area contributed by atoms with Gasteiger partial charge >= 0.3 is 0 Å². The number of anilines is 1. The smallest absolute Gasteiger partial charge is 0.264 e. The van der Waals surface area contributed by atoms with Crippen LogP contribution in [0, 0.1) is 0 Å². The molecule has 0 bridgehead atoms. The van der Waals surface area contributed by atoms with Crippen LogP contribution in [0.4, 0.5) is 5.69 Å². The van der Waals surface area contributed by atoms with Crippen LogP contribution in [0.15, 0.2) is 47.8 Å². The van der Waals surface area contributed by atoms with Crippen LogP contribution < -0.4 is 10.2 Å². The molecule has 4 heteroatoms. The Balaban J connectivity index is 1.59. The second-order valence-corrected chi connectivity index (χ2v) is 6.12. The van der Waals surface area contributed by atoms with E-state index in [4.69, 9.17) is 0 Å². The fourth-order valence-electron chi connectivity index (χ4n) is 3.50. The summed E-state index contributed by atoms with van der Waals surface area (Å²) in [6.45, 7) is 0. The highest BCUT2D eigenvalue weighted by atomic mass is 16.2. The average Bonchev–Trinajstić information content (AvgIpc) is 3.03. The molecule has 2 aliphatic heterocycles. The Kier molecular flexibility index (Phi) is 3.10. The lowest BCUT2D eigenvalue weighted by molar-refractivity contribution is -0.114. The third-order valence-corrected chi connectivity index (χ3v) is 4.69. The summed E-state index contributed by atoms with van der Waals surface area (Å²) in [5.41, 5.74) is 2.36. The van der Waals surface area contributed by atoms with Gasteiger partial charge in [0.1, 0.15) is 0 Å². The monoisotopic (exact) mass is 294 g/mol. The molecule has 4 rings (SSSR count). The molecule has 1 aliphatic carbocycles. The van der Waals surface area contributed by atoms with Crippen LogP contribution in [0.3, 0.4) is 0 Å². The van der Waals surface area contributed by atoms with Crippen molar-refractivity contribution in [3.63, 3.8) is 0 Å². The quantitative estimate of drug-likeness (QED) is 0.853. The van der Waals surface area contributed by atoms with Crippen molar-refractivity contribution in [2.24, 2.45) is 0 Å². The van der Waals surface area contributed by atoms with Crippen LogP contribution in [-0.4, -0.2) is 17.7 Å². The number of Topliss-reactive ketones (excluding diaryl/α,β-unsaturated/α-hetero) is 1. The van der Waals surface area contributed by atoms with Crippen molar-refractivity contribution in [1.82, 2.24) is 5.32 Å². The summed E-state index contributed by atoms with van der Waals surface area (Å²) in [5.74, 6) is -0.179. The van der Waals surface area contributed by atoms with E-state index in [9.17, 15) is 9.59 Å². The summed E-state index contributed by atoms with van der Waals surface area (Å²) in [6.07, 6.45) is 9.60. The van der Waals surface area contributed by atoms with E-state index in [0.717, 1.165) is 12.8 Å². The zero-order chi connectivity index (χ0) is 15.1. The van der Waals surface area contributed by atoms with Crippen molar-refractivity contribution in [2.75, 3.05) is 4.90 Å². The molecule has 112 valence electrons. The number of rotatable bonds is 2. The van der Waals surface area contributed by atoms with Crippen molar-refractivity contribution in [3.05, 3.63) is 53.4 Å². The molecule has 2 heterocycles. The molecule has 0 aromatic heterocycles. The highest BCUT2D eigenvalue weighted by molar-refractivity contribution is 6.31. The number of nitrogens with zero attached hydrogens (tertiary/aromatic N) is 1. The van der Waals surface area contributed by atoms with Crippen molar-refractivity contribution < 1.29 is 9.59 Å². The van der Waals surface area contributed by atoms with Crippen LogP contribution in [0.2, 0.25) is 0 Å². The maximum atomic E-state index is 12.6. The molecule has 1 fully saturated rings. The second kappa shape index (κ2) is 5.13. The third kappa shape index (κ3) is 1.98. The molecule has 0 radical (unpaired) electrons. The van der Waals surface area contributed by atoms with Crippen molar-refractivity contribution in [1.29, 1.82) is 0 Å². The van der Waals surface area contributed by atoms with Crippen LogP contribution in [-0.2, 0) is 4.79 Å². The highest BCUT2D eigenvalue weighted by Gasteiger charge is 2.41. The van der Waals surface area contributed by atoms with E-state index < -0.39 is 0 Å². The van der Waals surface area contributed by atoms with Gasteiger partial charge in [0.05, 0.1) is 17.0 Å². The molecule has 3 aliphatic rings. The zero-order valence-corrected chi connectivity index (χ0v) is 12.3. The largest absolute Gasteiger partial charge is 0.388 e. The number of ketones is 1. The second-order valence-electron chi connectivity index (χ2n) is 6.12. The van der Waals surface area contributed by atoms with E-state index in [1.54, 1.807) is 18.3 Å². The number of para-hydroxylation sites is 1. The summed E-state index contributed by atoms with van der Waals surface area (Å²) in [6, 6.07) is 7.72. The molecule has 4 nitrogen and oxygen atoms in total. The van der Waals surface area contributed by atoms with Crippen molar-refractivity contribution in [3.8, 4) is 0 Å². The number of hydrogen-bond donors (Lipinski definition) is 1. The Bertz CT molecular complexity index is 712. The van der Waals surface area contributed by atoms with Crippen LogP contribution >= 0.6 is 0 Å². The summed E-state index contributed by atoms with van der Waals surface area (Å²) in [5, 5.41) is 3.36. The van der Waals surface area contributed by atoms with E-state index in [1.807, 2.05) is 18.2 Å². The Morgan fingerprint density at radius 2 is 1.86 bits per heavy atom. The van der Waals surface area contributed by atoms with Gasteiger partial charge in [-0.2, -0.15) is 0 Å². The van der Waals surface area contributed by atoms with Crippen LogP contribution in [0.25, 0.3) is 0 Å². The van der Waals surface area contributed by atoms with Gasteiger partial charge in [0.15, 0.2) is 0 Å². The molecule has 1 amide bonds. The summed E-state index contributed by atoms with van der Waals surface area (Å²) in [7, 11) is 0. The molecule has 0 spiro atoms. The normalized spacial score (nSPS) is 22.8. The number of benzene rings is 1. The summed E-state index contributed by atoms with van der Waals surface area (Å²) >= 11 is 0. The number of fused-ring (bicyclic) bond motifs is 3. The predicted molar refractivity (Wildman–Crippen MR) is 84.4 cm³/mol. The number of nitrogens with one attached hydrogen (secondary N) is 1. The topological polar surface area (TPSA) is 49.4 Å². The van der Waals surface area contributed by atoms with Gasteiger partial charge in [0.2, 0.25) is 5.78 Å². The lowest BCUT2D eigenvalue weighted by Crippen LogP contribution is -2.28. The van der Waals surface area contributed by atoms with Gasteiger partial charge in [-0.1, -0.05) is 31.4 Å². The fourth-order valence-corrected chi connectivity index (χ4v) is 3.50. The number of amides is 1. The fraction of sp³-hybridized carbons (Fsp3) is 0.333. The Labute approximate surface area is 129 Å². The van der Waals surface area contributed by atoms with Crippen LogP contribution in [0.1, 0.15) is 42.5 Å². The van der Waals surface area contributed by atoms with E-state index in [0.29, 0.717) is 28.6 Å². The summed E-state index contributed by atoms with van der Waals surface area (Å²) in [4.78, 5) is 26.5. The molecule has 1 aromatic carbocycles. The SMILES string of the molecule is O=C1C2=CC(=CNC3CCCCC3)C(=O)N2c2ccccc21. The molecule has 1 aromatic rings. The van der Waals surface area contributed by atoms with Gasteiger partial charge in [-0.25, -0.2) is 0 Å². The van der Waals surface area contributed by atoms with Crippen LogP contribution in [0.5, 0.6) is 0 Å². The molecule has 1 N–H and O–H groups in total. The first kappa shape index (κ1) is 13.3. The number of carbonyl (C=O) groups is 2. The number of allylic oxidation sites excluding steroid dienone is 1. The van der Waals surface area contributed by atoms with E-state index in [2.05, 4.69) is 5.32 Å². The Morgan fingerprint density at radius 3 is 2.68 bits per heavy atom. The first-order valence-corrected chi connectivity index (χ1v) is 7.92. The maximum absolute atomic E-state index is 12.6. The Morgan fingerprint density at radius 1 is 1.09 bits per heavy atom. The van der Waals surface area contributed by atoms with E-state index in [-0.39, 0.29) is 11.7 Å². The molecule has 1 saturated carbocycles. The summed E-state index contributed by atoms with van der Waals surface area (Å²) < 4.78 is 0. The van der Waals surface area contributed by atoms with Gasteiger partial charge in [0.25, 0.3) is 5.91 Å². The Hall–Kier alpha value is -2.36. The minimum absolute atomic E-state index is 0.0648. The highest BCUT2D eigenvalue weighted by Crippen LogP contribution is 2.39. The molecule has 0 unspecified atom stereocenters. The first-order chi connectivity index (χ1) is 10.8. The molecular formula is C18H18N2O2. The lowest BCUT2D eigenvalue weighted by atomic mass is 9.96. The average molecular weight is 294 g/mol. The minimum Gasteiger partial charge on any atom is -0.388 e. The van der Waals surface area contributed by atoms with Crippen molar-refractivity contribution in [2.45, 2.75) is 38.1 Å². The maximum Gasteiger partial charge on any atom is 0.264 e. The van der Waals surface area contributed by atoms with Gasteiger partial charge in [-0.3, -0.25) is 14.5 Å². The molecule has 22 heavy (non-hydrogen) atoms. The van der Waals surface area contributed by atoms with Gasteiger partial charge in [-0.05, 0) is 31.1 Å². The zero-order valence-electron chi connectivity index (χ0n) is 12.3. The predicted octanol–water partition coefficient (Wildman–Crippen LogP) is 2.92. The third-order valence-electron chi connectivity index (χ3n) is 4.69. The standard InChI is InChI=1S/C18H18N2O2/c21-17-14-8-4-5-9-15(14)20-16(17)10-12(18(20)22)11-19-13-6-2-1-3-7-13/h4-5,8-11,13,19H,1-3,6-7H2. The molecule has 0 saturated heterocycles. The molecular weight excluding hydrogens is 276 g/mol. The number of hydrogen-bond acceptors (Lipinski definition) is 3. The first-order valence-electron chi connectivity index (χ1n) is 7.92. The van der Waals surface area contributed by atoms with Crippen molar-refractivity contribution >= 4 is 17.4 Å². The van der Waals surface area contributed by atoms with E-state index in [1.165, 1.54) is 24.2 Å². The van der Waals surface area contributed by atoms with Gasteiger partial charge in [-0.15, -0.1) is 0 Å². The minimum atomic E-state index is -0.114. The van der Waals surface area contributed by atoms with Gasteiger partial charge < -0.3 is 5.32 Å². The molecule has 0 atom stereocenters.